The van der Waals surface area contributed by atoms with Crippen LogP contribution in [0.1, 0.15) is 80.4 Å². The average Bonchev–Trinajstić information content (AvgIpc) is 3.36. The van der Waals surface area contributed by atoms with Crippen molar-refractivity contribution in [1.82, 2.24) is 0 Å². The van der Waals surface area contributed by atoms with Gasteiger partial charge in [-0.3, -0.25) is 0 Å². The van der Waals surface area contributed by atoms with Crippen molar-refractivity contribution in [3.63, 3.8) is 0 Å². The van der Waals surface area contributed by atoms with Gasteiger partial charge in [-0.2, -0.15) is 0 Å². The van der Waals surface area contributed by atoms with Crippen molar-refractivity contribution in [3.8, 4) is 11.3 Å². The van der Waals surface area contributed by atoms with Crippen molar-refractivity contribution in [3.05, 3.63) is 59.3 Å². The normalized spacial score (nSPS) is 18.3. The fraction of sp³-hybridized carbons (Fsp3) is 0.516. The van der Waals surface area contributed by atoms with E-state index in [2.05, 4.69) is 81.2 Å². The van der Waals surface area contributed by atoms with E-state index in [9.17, 15) is 0 Å². The molecule has 1 nitrogen and oxygen atoms in total. The van der Waals surface area contributed by atoms with E-state index in [1.165, 1.54) is 90.9 Å². The Morgan fingerprint density at radius 1 is 0.818 bits per heavy atom. The molecule has 0 radical (unpaired) electrons. The van der Waals surface area contributed by atoms with E-state index in [-0.39, 0.29) is 0 Å². The van der Waals surface area contributed by atoms with Crippen LogP contribution in [-0.2, 0) is 7.05 Å². The van der Waals surface area contributed by atoms with E-state index in [0.717, 1.165) is 11.5 Å². The van der Waals surface area contributed by atoms with Gasteiger partial charge in [0.1, 0.15) is 7.05 Å². The lowest BCUT2D eigenvalue weighted by Gasteiger charge is -2.36. The molecular formula is C31H42NSi+. The van der Waals surface area contributed by atoms with Crippen LogP contribution in [-0.4, -0.2) is 8.07 Å². The highest BCUT2D eigenvalue weighted by Crippen LogP contribution is 2.39. The Morgan fingerprint density at radius 2 is 1.52 bits per heavy atom. The summed E-state index contributed by atoms with van der Waals surface area (Å²) in [6.07, 6.45) is 15.0. The fourth-order valence-corrected chi connectivity index (χ4v) is 10.2. The molecule has 2 saturated carbocycles. The smallest absolute Gasteiger partial charge is 0.200 e. The van der Waals surface area contributed by atoms with Gasteiger partial charge in [0.15, 0.2) is 6.20 Å². The lowest BCUT2D eigenvalue weighted by molar-refractivity contribution is -0.659. The fourth-order valence-electron chi connectivity index (χ4n) is 6.80. The van der Waals surface area contributed by atoms with E-state index in [1.807, 2.05) is 0 Å². The van der Waals surface area contributed by atoms with Crippen LogP contribution in [0.5, 0.6) is 0 Å². The van der Waals surface area contributed by atoms with Crippen molar-refractivity contribution >= 4 is 24.0 Å². The molecule has 0 unspecified atom stereocenters. The Morgan fingerprint density at radius 3 is 2.24 bits per heavy atom. The first-order valence-electron chi connectivity index (χ1n) is 13.4. The maximum absolute atomic E-state index is 2.62. The quantitative estimate of drug-likeness (QED) is 0.278. The van der Waals surface area contributed by atoms with Crippen molar-refractivity contribution in [2.75, 3.05) is 0 Å². The van der Waals surface area contributed by atoms with Crippen molar-refractivity contribution in [2.45, 2.75) is 96.2 Å². The van der Waals surface area contributed by atoms with Crippen LogP contribution in [0.4, 0.5) is 0 Å². The molecular weight excluding hydrogens is 414 g/mol. The summed E-state index contributed by atoms with van der Waals surface area (Å²) in [5.41, 5.74) is 8.19. The number of fused-ring (bicyclic) bond motifs is 1. The van der Waals surface area contributed by atoms with Gasteiger partial charge < -0.3 is 0 Å². The van der Waals surface area contributed by atoms with Crippen LogP contribution in [0.15, 0.2) is 42.6 Å². The molecule has 5 rings (SSSR count). The van der Waals surface area contributed by atoms with E-state index >= 15 is 0 Å². The zero-order chi connectivity index (χ0) is 23.2. The molecule has 2 aliphatic rings. The van der Waals surface area contributed by atoms with Gasteiger partial charge in [0.25, 0.3) is 0 Å². The Hall–Kier alpha value is -1.93. The summed E-state index contributed by atoms with van der Waals surface area (Å²) >= 11 is 0. The second-order valence-electron chi connectivity index (χ2n) is 11.6. The van der Waals surface area contributed by atoms with Crippen molar-refractivity contribution in [2.24, 2.45) is 7.05 Å². The minimum Gasteiger partial charge on any atom is -0.200 e. The maximum Gasteiger partial charge on any atom is 0.220 e. The monoisotopic (exact) mass is 456 g/mol. The predicted molar refractivity (Wildman–Crippen MR) is 145 cm³/mol. The molecule has 3 aromatic rings. The maximum atomic E-state index is 2.62. The first kappa shape index (κ1) is 22.8. The lowest BCUT2D eigenvalue weighted by Crippen LogP contribution is -2.46. The summed E-state index contributed by atoms with van der Waals surface area (Å²) in [5.74, 6) is 0.747. The van der Waals surface area contributed by atoms with E-state index < -0.39 is 8.07 Å². The Labute approximate surface area is 202 Å². The number of rotatable bonds is 4. The molecule has 0 N–H and O–H groups in total. The summed E-state index contributed by atoms with van der Waals surface area (Å²) < 4.78 is 2.35. The number of hydrogen-bond acceptors (Lipinski definition) is 0. The molecule has 0 aliphatic heterocycles. The van der Waals surface area contributed by atoms with Gasteiger partial charge in [-0.25, -0.2) is 4.57 Å². The van der Waals surface area contributed by atoms with Crippen LogP contribution < -0.4 is 9.75 Å². The van der Waals surface area contributed by atoms with Crippen LogP contribution in [0.2, 0.25) is 18.6 Å². The van der Waals surface area contributed by atoms with Gasteiger partial charge in [0, 0.05) is 6.07 Å². The summed E-state index contributed by atoms with van der Waals surface area (Å²) in [6, 6.07) is 14.8. The highest BCUT2D eigenvalue weighted by Gasteiger charge is 2.34. The highest BCUT2D eigenvalue weighted by atomic mass is 28.3. The molecule has 0 saturated heterocycles. The van der Waals surface area contributed by atoms with Gasteiger partial charge in [0.2, 0.25) is 5.69 Å². The SMILES string of the molecule is Cc1cc(C2CCCC2)cc(-c2c3ccc([Si](C)(C)C4CCCCC4)cc3cc[n+]2C)c1C. The highest BCUT2D eigenvalue weighted by molar-refractivity contribution is 6.91. The molecule has 2 aliphatic carbocycles. The van der Waals surface area contributed by atoms with Gasteiger partial charge in [-0.15, -0.1) is 0 Å². The summed E-state index contributed by atoms with van der Waals surface area (Å²) in [4.78, 5) is 0. The molecule has 2 heteroatoms. The minimum atomic E-state index is -1.46. The third-order valence-electron chi connectivity index (χ3n) is 9.28. The largest absolute Gasteiger partial charge is 0.220 e. The Kier molecular flexibility index (Phi) is 6.24. The molecule has 0 atom stereocenters. The van der Waals surface area contributed by atoms with Gasteiger partial charge in [-0.1, -0.05) is 81.4 Å². The number of pyridine rings is 1. The molecule has 0 bridgehead atoms. The molecule has 0 amide bonds. The third kappa shape index (κ3) is 4.20. The molecule has 33 heavy (non-hydrogen) atoms. The topological polar surface area (TPSA) is 3.88 Å². The zero-order valence-corrected chi connectivity index (χ0v) is 22.5. The van der Waals surface area contributed by atoms with Gasteiger partial charge in [-0.05, 0) is 72.4 Å². The zero-order valence-electron chi connectivity index (χ0n) is 21.5. The van der Waals surface area contributed by atoms with Crippen LogP contribution >= 0.6 is 0 Å². The van der Waals surface area contributed by atoms with Crippen molar-refractivity contribution < 1.29 is 4.57 Å². The average molecular weight is 457 g/mol. The molecule has 174 valence electrons. The standard InChI is InChI=1S/C31H42NSi/c1-22-19-26(24-11-9-10-12-24)21-30(23(22)2)31-29-16-15-28(20-25(29)17-18-32(31)3)33(4,5)27-13-7-6-8-14-27/h15-21,24,27H,6-14H2,1-5H3/q+1. The molecule has 0 spiro atoms. The molecule has 1 aromatic heterocycles. The van der Waals surface area contributed by atoms with E-state index in [0.29, 0.717) is 0 Å². The summed E-state index contributed by atoms with van der Waals surface area (Å²) in [5, 5.41) is 4.47. The van der Waals surface area contributed by atoms with Crippen molar-refractivity contribution in [1.29, 1.82) is 0 Å². The van der Waals surface area contributed by atoms with Crippen LogP contribution in [0, 0.1) is 13.8 Å². The number of aryl methyl sites for hydroxylation is 2. The van der Waals surface area contributed by atoms with E-state index in [1.54, 1.807) is 10.8 Å². The van der Waals surface area contributed by atoms with Gasteiger partial charge >= 0.3 is 0 Å². The number of benzene rings is 2. The first-order chi connectivity index (χ1) is 15.9. The summed E-state index contributed by atoms with van der Waals surface area (Å²) in [7, 11) is 0.763. The predicted octanol–water partition coefficient (Wildman–Crippen LogP) is 7.86. The third-order valence-corrected chi connectivity index (χ3v) is 13.7. The second-order valence-corrected chi connectivity index (χ2v) is 16.5. The van der Waals surface area contributed by atoms with Gasteiger partial charge in [0.05, 0.1) is 19.0 Å². The first-order valence-corrected chi connectivity index (χ1v) is 16.5. The van der Waals surface area contributed by atoms with E-state index in [4.69, 9.17) is 0 Å². The van der Waals surface area contributed by atoms with Crippen LogP contribution in [0.25, 0.3) is 22.0 Å². The second kappa shape index (κ2) is 9.02. The number of aromatic nitrogens is 1. The Balaban J connectivity index is 1.62. The molecule has 2 fully saturated rings. The molecule has 2 aromatic carbocycles. The van der Waals surface area contributed by atoms with Crippen LogP contribution in [0.3, 0.4) is 0 Å². The lowest BCUT2D eigenvalue weighted by atomic mass is 9.89. The number of nitrogens with zero attached hydrogens (tertiary/aromatic N) is 1. The minimum absolute atomic E-state index is 0.747. The summed E-state index contributed by atoms with van der Waals surface area (Å²) in [6.45, 7) is 9.85. The number of hydrogen-bond donors (Lipinski definition) is 0. The molecule has 1 heterocycles. The Bertz CT molecular complexity index is 1160.